The van der Waals surface area contributed by atoms with Crippen molar-refractivity contribution < 1.29 is 32.4 Å². The van der Waals surface area contributed by atoms with Crippen molar-refractivity contribution in [2.75, 3.05) is 332 Å². The highest BCUT2D eigenvalue weighted by Gasteiger charge is 2.36. The van der Waals surface area contributed by atoms with E-state index in [1.165, 1.54) is 111 Å². The first-order valence-corrected chi connectivity index (χ1v) is 45.2. The molecule has 1 unspecified atom stereocenters. The van der Waals surface area contributed by atoms with E-state index in [-0.39, 0.29) is 51.2 Å². The third-order valence-electron chi connectivity index (χ3n) is 26.2. The van der Waals surface area contributed by atoms with E-state index in [4.69, 9.17) is 39.5 Å². The maximum atomic E-state index is 8.97. The van der Waals surface area contributed by atoms with Crippen molar-refractivity contribution in [3.63, 3.8) is 0 Å². The molecule has 0 amide bonds. The molecule has 18 heterocycles. The average molecular weight is 1800 g/mol. The Kier molecular flexibility index (Phi) is 39.7. The molecule has 130 heavy (non-hydrogen) atoms. The number of piperidine rings is 1. The molecule has 0 bridgehead atoms. The summed E-state index contributed by atoms with van der Waals surface area (Å²) in [5.41, 5.74) is 47.3. The number of quaternary nitrogens is 6. The number of rotatable bonds is 24. The van der Waals surface area contributed by atoms with Crippen molar-refractivity contribution in [2.24, 2.45) is 0 Å². The van der Waals surface area contributed by atoms with Gasteiger partial charge in [-0.1, -0.05) is 58.2 Å². The fourth-order valence-electron chi connectivity index (χ4n) is 17.8. The Morgan fingerprint density at radius 3 is 1.05 bits per heavy atom. The number of nitrogens with zero attached hydrogens (tertiary/aromatic N) is 22. The van der Waals surface area contributed by atoms with Crippen LogP contribution in [-0.4, -0.2) is 372 Å². The maximum Gasteiger partial charge on any atom is 0.175 e. The molecular weight excluding hydrogens is 1630 g/mol. The smallest absolute Gasteiger partial charge is 0.175 e. The SMILES string of the molecule is C.C.CCC[N+]1(C)CCN(CCNc2nn3ccccc3c2N)CC1.C[N+](C)(C)C1CCN(c2nn3ccccc3c2N)C1.C[N+]1(C)CCN(CCNc2nn3ccccc3c2N)CC1.C[N+]1(C)CCN(c2nn3ccccc3c2N)CC1.C[N+]1(CCCNc2nn3ccccc3c2N)CCCCC1.Nc1c(NCCN2CC[NH+](CCO)CC2)nn2ccccc12.[CH3-].[CH3-].[CH3-].[CH3-]. The highest BCUT2D eigenvalue weighted by atomic mass is 16.3. The lowest BCUT2D eigenvalue weighted by atomic mass is 10.1. The van der Waals surface area contributed by atoms with Crippen LogP contribution in [0.5, 0.6) is 0 Å². The van der Waals surface area contributed by atoms with Gasteiger partial charge in [0.05, 0.1) is 201 Å². The van der Waals surface area contributed by atoms with Crippen LogP contribution in [0.1, 0.15) is 60.3 Å². The third kappa shape index (κ3) is 27.7. The van der Waals surface area contributed by atoms with Crippen LogP contribution >= 0.6 is 0 Å². The van der Waals surface area contributed by atoms with Crippen molar-refractivity contribution >= 4 is 102 Å². The van der Waals surface area contributed by atoms with E-state index < -0.39 is 0 Å². The summed E-state index contributed by atoms with van der Waals surface area (Å²) in [6, 6.07) is 36.3. The number of likely N-dealkylation sites (N-methyl/N-ethyl adjacent to an activating group) is 4. The summed E-state index contributed by atoms with van der Waals surface area (Å²) in [6.07, 6.45) is 19.3. The number of aliphatic hydroxyl groups is 1. The summed E-state index contributed by atoms with van der Waals surface area (Å²) in [4.78, 5) is 13.6. The zero-order valence-corrected chi connectivity index (χ0v) is 79.8. The lowest BCUT2D eigenvalue weighted by molar-refractivity contribution is -0.914. The van der Waals surface area contributed by atoms with Crippen LogP contribution in [0.15, 0.2) is 146 Å². The summed E-state index contributed by atoms with van der Waals surface area (Å²) in [5, 5.41) is 49.6. The molecule has 0 spiro atoms. The van der Waals surface area contributed by atoms with Gasteiger partial charge in [0.1, 0.15) is 46.7 Å². The Morgan fingerprint density at radius 1 is 0.392 bits per heavy atom. The van der Waals surface area contributed by atoms with Gasteiger partial charge in [-0.25, -0.2) is 27.1 Å². The second-order valence-electron chi connectivity index (χ2n) is 37.4. The fourth-order valence-corrected chi connectivity index (χ4v) is 17.8. The molecule has 0 saturated carbocycles. The number of hydrogen-bond acceptors (Lipinski definition) is 22. The van der Waals surface area contributed by atoms with Crippen LogP contribution in [0.4, 0.5) is 69.0 Å². The van der Waals surface area contributed by atoms with Crippen LogP contribution in [0.3, 0.4) is 0 Å². The Bertz CT molecular complexity index is 5300. The van der Waals surface area contributed by atoms with Gasteiger partial charge >= 0.3 is 0 Å². The topological polar surface area (TPSA) is 349 Å². The first-order valence-electron chi connectivity index (χ1n) is 45.2. The number of aromatic nitrogens is 12. The minimum atomic E-state index is 0. The zero-order chi connectivity index (χ0) is 87.6. The van der Waals surface area contributed by atoms with Crippen molar-refractivity contribution in [3.05, 3.63) is 176 Å². The zero-order valence-electron chi connectivity index (χ0n) is 79.8. The second-order valence-corrected chi connectivity index (χ2v) is 37.4. The van der Waals surface area contributed by atoms with E-state index >= 15 is 0 Å². The van der Waals surface area contributed by atoms with E-state index in [9.17, 15) is 0 Å². The Hall–Kier alpha value is -10.7. The third-order valence-corrected chi connectivity index (χ3v) is 26.2. The molecule has 0 aromatic carbocycles. The lowest BCUT2D eigenvalue weighted by Gasteiger charge is -2.42. The number of nitrogens with two attached hydrogens (primary N) is 6. The molecule has 6 saturated heterocycles. The first-order chi connectivity index (χ1) is 59.6. The molecule has 720 valence electrons. The van der Waals surface area contributed by atoms with Crippen LogP contribution in [-0.2, 0) is 0 Å². The molecule has 34 heteroatoms. The molecule has 6 aliphatic heterocycles. The van der Waals surface area contributed by atoms with E-state index in [0.29, 0.717) is 11.7 Å². The number of likely N-dealkylation sites (tertiary alicyclic amines) is 1. The summed E-state index contributed by atoms with van der Waals surface area (Å²) in [7, 11) is 20.7. The number of fused-ring (bicyclic) bond motifs is 6. The summed E-state index contributed by atoms with van der Waals surface area (Å²) < 4.78 is 16.6. The number of piperazine rings is 4. The van der Waals surface area contributed by atoms with Crippen LogP contribution in [0, 0.1) is 29.7 Å². The molecule has 18 rings (SSSR count). The largest absolute Gasteiger partial charge is 0.394 e. The molecule has 18 N–H and O–H groups in total. The Labute approximate surface area is 777 Å². The second kappa shape index (κ2) is 48.5. The molecule has 34 nitrogen and oxygen atoms in total. The molecule has 0 aliphatic carbocycles. The normalized spacial score (nSPS) is 17.8. The number of nitrogen functional groups attached to an aromatic ring is 6. The predicted molar refractivity (Wildman–Crippen MR) is 548 cm³/mol. The van der Waals surface area contributed by atoms with Gasteiger partial charge in [-0.15, -0.1) is 30.6 Å². The number of pyridine rings is 6. The van der Waals surface area contributed by atoms with Gasteiger partial charge in [-0.05, 0) is 98.5 Å². The van der Waals surface area contributed by atoms with E-state index in [0.717, 1.165) is 247 Å². The summed E-state index contributed by atoms with van der Waals surface area (Å²) in [5.74, 6) is 5.01. The van der Waals surface area contributed by atoms with Crippen molar-refractivity contribution in [1.82, 2.24) is 72.4 Å². The number of anilines is 12. The number of hydrogen-bond donors (Lipinski definition) is 12. The number of nitrogens with one attached hydrogen (secondary N) is 5. The first kappa shape index (κ1) is 106. The van der Waals surface area contributed by atoms with Crippen molar-refractivity contribution in [3.8, 4) is 0 Å². The standard InChI is InChI=1S/C17H29N6.C16H26N5.C15H24N6O.C15H25N6.C14H22N5.C13H20N5.2CH4.4CH3/c1-3-12-23(2)13-10-21(11-14-23)9-7-19-17-16(18)15-6-4-5-8-22(15)20-17;1-21(11-5-2-6-12-21)13-7-9-18-16-15(17)14-8-3-4-10-20(14)19-16;16-14-13-3-1-2-5-21(13)18-15(14)17-4-6-19-7-9-20(10-8-19)11-12-22;1-21(2)11-9-19(10-12-21)8-6-17-15-14(16)13-5-3-4-7-20(13)18-15;1-19(2,3)11-7-9-17(10-11)14-13(15)12-6-4-5-8-18(12)16-14;1-18(2)9-7-16(8-10-18)13-12(14)11-5-3-4-6-17(11)15-13;;;;;;/h4-6,8H,3,7,9-14,18H2,1-2H3,(H,19,20);3-4,8,10H,2,5-7,9,11-13,17H2,1H3,(H,18,19);1-3,5,22H,4,6-12,16H2,(H,17,18);3-5,7H,6,8-12,16H2,1-2H3,(H,17,18);4-6,8,11H,7,9-10,15H2,1-3H3;3-6H,7-10,14H2,1-2H3;2*1H4;4*1H3/q2*+1;;3*+1;;;4*-1/p+1. The summed E-state index contributed by atoms with van der Waals surface area (Å²) in [6.45, 7) is 35.6. The van der Waals surface area contributed by atoms with Crippen LogP contribution in [0.2, 0.25) is 0 Å². The molecular formula is C96H167N33O+2. The molecule has 12 aromatic rings. The monoisotopic (exact) mass is 1800 g/mol. The number of aliphatic hydroxyl groups excluding tert-OH is 1. The minimum absolute atomic E-state index is 0. The van der Waals surface area contributed by atoms with Gasteiger partial charge in [-0.3, -0.25) is 14.7 Å². The van der Waals surface area contributed by atoms with E-state index in [1.54, 1.807) is 4.52 Å². The maximum absolute atomic E-state index is 8.97. The quantitative estimate of drug-likeness (QED) is 0.0154. The minimum Gasteiger partial charge on any atom is -0.394 e. The Morgan fingerprint density at radius 2 is 0.715 bits per heavy atom. The van der Waals surface area contributed by atoms with Gasteiger partial charge in [0.2, 0.25) is 0 Å². The highest BCUT2D eigenvalue weighted by molar-refractivity contribution is 5.85. The summed E-state index contributed by atoms with van der Waals surface area (Å²) >= 11 is 0. The van der Waals surface area contributed by atoms with Crippen LogP contribution in [0.25, 0.3) is 33.1 Å². The molecule has 6 aliphatic rings. The molecule has 12 aromatic heterocycles. The van der Waals surface area contributed by atoms with Gasteiger partial charge < -0.3 is 128 Å². The van der Waals surface area contributed by atoms with Crippen molar-refractivity contribution in [2.45, 2.75) is 66.3 Å². The van der Waals surface area contributed by atoms with Gasteiger partial charge in [-0.2, -0.15) is 0 Å². The fraction of sp³-hybridized carbons (Fsp3) is 0.521. The Balaban J connectivity index is 0.000000212. The highest BCUT2D eigenvalue weighted by Crippen LogP contribution is 2.33. The van der Waals surface area contributed by atoms with Gasteiger partial charge in [0, 0.05) is 142 Å². The van der Waals surface area contributed by atoms with E-state index in [2.05, 4.69) is 147 Å². The van der Waals surface area contributed by atoms with E-state index in [1.807, 2.05) is 169 Å². The lowest BCUT2D eigenvalue weighted by Crippen LogP contribution is -3.15. The van der Waals surface area contributed by atoms with Crippen LogP contribution < -0.4 is 70.4 Å². The molecule has 0 radical (unpaired) electrons. The predicted octanol–water partition coefficient (Wildman–Crippen LogP) is 8.18. The average Bonchev–Trinajstić information content (AvgIpc) is 1.63. The van der Waals surface area contributed by atoms with Crippen molar-refractivity contribution in [1.29, 1.82) is 0 Å². The van der Waals surface area contributed by atoms with Gasteiger partial charge in [0.15, 0.2) is 34.9 Å². The molecule has 1 atom stereocenters. The molecule has 6 fully saturated rings. The van der Waals surface area contributed by atoms with Gasteiger partial charge in [0.25, 0.3) is 0 Å².